The first-order valence-electron chi connectivity index (χ1n) is 6.92. The number of rotatable bonds is 7. The fourth-order valence-corrected chi connectivity index (χ4v) is 1.70. The number of nitro groups is 1. The van der Waals surface area contributed by atoms with E-state index in [1.54, 1.807) is 0 Å². The number of anilines is 1. The number of nitrogens with two attached hydrogens (primary N) is 1. The van der Waals surface area contributed by atoms with Crippen LogP contribution in [0.4, 0.5) is 11.4 Å². The predicted molar refractivity (Wildman–Crippen MR) is 82.4 cm³/mol. The van der Waals surface area contributed by atoms with Crippen LogP contribution in [0.15, 0.2) is 18.2 Å². The van der Waals surface area contributed by atoms with Gasteiger partial charge in [-0.1, -0.05) is 13.8 Å². The molecule has 1 amide bonds. The number of carbonyl (C=O) groups is 1. The van der Waals surface area contributed by atoms with E-state index >= 15 is 0 Å². The molecule has 0 aliphatic carbocycles. The monoisotopic (exact) mass is 294 g/mol. The Hall–Kier alpha value is -2.15. The van der Waals surface area contributed by atoms with Gasteiger partial charge in [0.25, 0.3) is 11.6 Å². The van der Waals surface area contributed by atoms with Gasteiger partial charge in [-0.2, -0.15) is 0 Å². The molecule has 1 aromatic carbocycles. The maximum absolute atomic E-state index is 11.8. The molecule has 1 unspecified atom stereocenters. The predicted octanol–water partition coefficient (Wildman–Crippen LogP) is 1.74. The third-order valence-electron chi connectivity index (χ3n) is 3.18. The van der Waals surface area contributed by atoms with Gasteiger partial charge in [-0.3, -0.25) is 14.9 Å². The first kappa shape index (κ1) is 16.9. The van der Waals surface area contributed by atoms with E-state index < -0.39 is 4.92 Å². The van der Waals surface area contributed by atoms with E-state index in [1.165, 1.54) is 18.2 Å². The van der Waals surface area contributed by atoms with Crippen molar-refractivity contribution in [3.63, 3.8) is 0 Å². The van der Waals surface area contributed by atoms with Gasteiger partial charge in [0.05, 0.1) is 4.92 Å². The van der Waals surface area contributed by atoms with Crippen LogP contribution in [0.1, 0.15) is 31.1 Å². The minimum atomic E-state index is -0.481. The van der Waals surface area contributed by atoms with Crippen molar-refractivity contribution in [1.82, 2.24) is 5.32 Å². The van der Waals surface area contributed by atoms with Crippen LogP contribution in [0.5, 0.6) is 0 Å². The van der Waals surface area contributed by atoms with Crippen LogP contribution < -0.4 is 16.4 Å². The molecule has 0 spiro atoms. The van der Waals surface area contributed by atoms with Crippen LogP contribution in [-0.2, 0) is 0 Å². The van der Waals surface area contributed by atoms with Gasteiger partial charge in [0.1, 0.15) is 5.69 Å². The quantitative estimate of drug-likeness (QED) is 0.524. The van der Waals surface area contributed by atoms with Crippen molar-refractivity contribution < 1.29 is 9.72 Å². The Labute approximate surface area is 124 Å². The number of nitro benzene ring substituents is 1. The highest BCUT2D eigenvalue weighted by Crippen LogP contribution is 2.25. The minimum absolute atomic E-state index is 0.0704. The Bertz CT molecular complexity index is 517. The lowest BCUT2D eigenvalue weighted by Crippen LogP contribution is -2.34. The van der Waals surface area contributed by atoms with E-state index in [9.17, 15) is 14.9 Å². The van der Waals surface area contributed by atoms with E-state index in [-0.39, 0.29) is 23.6 Å². The SMILES string of the molecule is CCNC(=O)c1ccc([N+](=O)[O-])c(NCC(N)C(C)C)c1. The summed E-state index contributed by atoms with van der Waals surface area (Å²) in [7, 11) is 0. The van der Waals surface area contributed by atoms with Crippen molar-refractivity contribution in [1.29, 1.82) is 0 Å². The third-order valence-corrected chi connectivity index (χ3v) is 3.18. The zero-order valence-corrected chi connectivity index (χ0v) is 12.6. The summed E-state index contributed by atoms with van der Waals surface area (Å²) in [6.07, 6.45) is 0. The number of hydrogen-bond donors (Lipinski definition) is 3. The first-order valence-corrected chi connectivity index (χ1v) is 6.92. The lowest BCUT2D eigenvalue weighted by Gasteiger charge is -2.17. The number of carbonyl (C=O) groups excluding carboxylic acids is 1. The van der Waals surface area contributed by atoms with Crippen LogP contribution in [0.25, 0.3) is 0 Å². The average molecular weight is 294 g/mol. The van der Waals surface area contributed by atoms with Crippen molar-refractivity contribution in [3.8, 4) is 0 Å². The van der Waals surface area contributed by atoms with Gasteiger partial charge >= 0.3 is 0 Å². The molecule has 1 aromatic rings. The molecule has 0 heterocycles. The summed E-state index contributed by atoms with van der Waals surface area (Å²) < 4.78 is 0. The van der Waals surface area contributed by atoms with Gasteiger partial charge in [-0.15, -0.1) is 0 Å². The molecule has 1 atom stereocenters. The second-order valence-corrected chi connectivity index (χ2v) is 5.14. The van der Waals surface area contributed by atoms with Crippen LogP contribution in [0.3, 0.4) is 0 Å². The molecule has 7 nitrogen and oxygen atoms in total. The van der Waals surface area contributed by atoms with Crippen molar-refractivity contribution in [2.75, 3.05) is 18.4 Å². The van der Waals surface area contributed by atoms with E-state index in [2.05, 4.69) is 10.6 Å². The van der Waals surface area contributed by atoms with Crippen LogP contribution in [-0.4, -0.2) is 30.0 Å². The normalized spacial score (nSPS) is 12.0. The Balaban J connectivity index is 2.99. The molecule has 4 N–H and O–H groups in total. The number of amides is 1. The lowest BCUT2D eigenvalue weighted by atomic mass is 10.1. The molecule has 1 rings (SSSR count). The molecule has 0 aliphatic heterocycles. The largest absolute Gasteiger partial charge is 0.378 e. The molecular weight excluding hydrogens is 272 g/mol. The second kappa shape index (κ2) is 7.58. The van der Waals surface area contributed by atoms with Gasteiger partial charge in [0, 0.05) is 30.8 Å². The number of hydrogen-bond acceptors (Lipinski definition) is 5. The highest BCUT2D eigenvalue weighted by atomic mass is 16.6. The highest BCUT2D eigenvalue weighted by molar-refractivity contribution is 5.95. The van der Waals surface area contributed by atoms with Gasteiger partial charge in [-0.05, 0) is 25.0 Å². The Morgan fingerprint density at radius 1 is 1.43 bits per heavy atom. The summed E-state index contributed by atoms with van der Waals surface area (Å²) in [5.41, 5.74) is 6.54. The minimum Gasteiger partial charge on any atom is -0.378 e. The molecule has 116 valence electrons. The fourth-order valence-electron chi connectivity index (χ4n) is 1.70. The maximum Gasteiger partial charge on any atom is 0.292 e. The van der Waals surface area contributed by atoms with Gasteiger partial charge in [0.15, 0.2) is 0 Å². The number of benzene rings is 1. The van der Waals surface area contributed by atoms with Crippen molar-refractivity contribution in [3.05, 3.63) is 33.9 Å². The summed E-state index contributed by atoms with van der Waals surface area (Å²) in [5.74, 6) is -0.00765. The van der Waals surface area contributed by atoms with E-state index in [0.29, 0.717) is 24.3 Å². The smallest absolute Gasteiger partial charge is 0.292 e. The zero-order valence-electron chi connectivity index (χ0n) is 12.6. The van der Waals surface area contributed by atoms with Crippen LogP contribution in [0.2, 0.25) is 0 Å². The Morgan fingerprint density at radius 3 is 2.62 bits per heavy atom. The molecule has 7 heteroatoms. The molecule has 21 heavy (non-hydrogen) atoms. The summed E-state index contributed by atoms with van der Waals surface area (Å²) in [6.45, 7) is 6.66. The van der Waals surface area contributed by atoms with Crippen LogP contribution >= 0.6 is 0 Å². The van der Waals surface area contributed by atoms with E-state index in [4.69, 9.17) is 5.73 Å². The van der Waals surface area contributed by atoms with Crippen molar-refractivity contribution in [2.24, 2.45) is 11.7 Å². The summed E-state index contributed by atoms with van der Waals surface area (Å²) in [5, 5.41) is 16.7. The average Bonchev–Trinajstić information content (AvgIpc) is 2.44. The topological polar surface area (TPSA) is 110 Å². The Kier molecular flexibility index (Phi) is 6.10. The molecule has 0 radical (unpaired) electrons. The van der Waals surface area contributed by atoms with Crippen LogP contribution in [0, 0.1) is 16.0 Å². The van der Waals surface area contributed by atoms with E-state index in [1.807, 2.05) is 20.8 Å². The standard InChI is InChI=1S/C14H22N4O3/c1-4-16-14(19)10-5-6-13(18(20)21)12(7-10)17-8-11(15)9(2)3/h5-7,9,11,17H,4,8,15H2,1-3H3,(H,16,19). The van der Waals surface area contributed by atoms with Crippen molar-refractivity contribution in [2.45, 2.75) is 26.8 Å². The van der Waals surface area contributed by atoms with Gasteiger partial charge in [-0.25, -0.2) is 0 Å². The summed E-state index contributed by atoms with van der Waals surface area (Å²) >= 11 is 0. The lowest BCUT2D eigenvalue weighted by molar-refractivity contribution is -0.384. The van der Waals surface area contributed by atoms with Gasteiger partial charge < -0.3 is 16.4 Å². The summed E-state index contributed by atoms with van der Waals surface area (Å²) in [4.78, 5) is 22.4. The Morgan fingerprint density at radius 2 is 2.10 bits per heavy atom. The molecular formula is C14H22N4O3. The van der Waals surface area contributed by atoms with E-state index in [0.717, 1.165) is 0 Å². The maximum atomic E-state index is 11.8. The molecule has 0 aliphatic rings. The first-order chi connectivity index (χ1) is 9.86. The highest BCUT2D eigenvalue weighted by Gasteiger charge is 2.17. The summed E-state index contributed by atoms with van der Waals surface area (Å²) in [6, 6.07) is 4.12. The molecule has 0 fully saturated rings. The molecule has 0 saturated heterocycles. The fraction of sp³-hybridized carbons (Fsp3) is 0.500. The molecule has 0 aromatic heterocycles. The molecule has 0 bridgehead atoms. The van der Waals surface area contributed by atoms with Gasteiger partial charge in [0.2, 0.25) is 0 Å². The van der Waals surface area contributed by atoms with Crippen molar-refractivity contribution >= 4 is 17.3 Å². The molecule has 0 saturated carbocycles. The number of nitrogens with one attached hydrogen (secondary N) is 2. The number of nitrogens with zero attached hydrogens (tertiary/aromatic N) is 1. The second-order valence-electron chi connectivity index (χ2n) is 5.14. The third kappa shape index (κ3) is 4.71. The zero-order chi connectivity index (χ0) is 16.0.